The standard InChI is InChI=1S/C17H12BrNO4/c18-13-6-3-7-14-15(13)23-10(9-22-14)8-19-16(20)11-4-1-2-5-12(11)17(19)21/h1-7,10H,8-9H2. The van der Waals surface area contributed by atoms with Crippen LogP contribution in [-0.4, -0.2) is 36.0 Å². The second-order valence-electron chi connectivity index (χ2n) is 5.38. The SMILES string of the molecule is O=C1c2ccccc2C(=O)N1CC1COc2cccc(Br)c2O1. The van der Waals surface area contributed by atoms with Crippen LogP contribution in [0.4, 0.5) is 0 Å². The van der Waals surface area contributed by atoms with Crippen LogP contribution in [0.3, 0.4) is 0 Å². The summed E-state index contributed by atoms with van der Waals surface area (Å²) in [7, 11) is 0. The summed E-state index contributed by atoms with van der Waals surface area (Å²) in [5.74, 6) is 0.678. The smallest absolute Gasteiger partial charge is 0.261 e. The summed E-state index contributed by atoms with van der Waals surface area (Å²) in [6.45, 7) is 0.448. The molecule has 0 saturated heterocycles. The average Bonchev–Trinajstić information content (AvgIpc) is 2.81. The number of amides is 2. The van der Waals surface area contributed by atoms with E-state index in [0.717, 1.165) is 4.47 Å². The van der Waals surface area contributed by atoms with Crippen molar-refractivity contribution in [2.24, 2.45) is 0 Å². The average molecular weight is 374 g/mol. The summed E-state index contributed by atoms with van der Waals surface area (Å²) in [6, 6.07) is 12.4. The lowest BCUT2D eigenvalue weighted by Gasteiger charge is -2.29. The van der Waals surface area contributed by atoms with Crippen molar-refractivity contribution < 1.29 is 19.1 Å². The van der Waals surface area contributed by atoms with E-state index in [1.54, 1.807) is 24.3 Å². The molecule has 6 heteroatoms. The number of nitrogens with zero attached hydrogens (tertiary/aromatic N) is 1. The third-order valence-electron chi connectivity index (χ3n) is 3.90. The van der Waals surface area contributed by atoms with Gasteiger partial charge in [0.15, 0.2) is 17.6 Å². The van der Waals surface area contributed by atoms with Crippen LogP contribution < -0.4 is 9.47 Å². The zero-order valence-electron chi connectivity index (χ0n) is 12.0. The van der Waals surface area contributed by atoms with Crippen molar-refractivity contribution in [3.8, 4) is 11.5 Å². The van der Waals surface area contributed by atoms with E-state index in [1.165, 1.54) is 4.90 Å². The fraction of sp³-hybridized carbons (Fsp3) is 0.176. The highest BCUT2D eigenvalue weighted by Crippen LogP contribution is 2.38. The highest BCUT2D eigenvalue weighted by Gasteiger charge is 2.38. The first-order valence-corrected chi connectivity index (χ1v) is 7.97. The Bertz CT molecular complexity index is 785. The van der Waals surface area contributed by atoms with Gasteiger partial charge in [-0.3, -0.25) is 14.5 Å². The second-order valence-corrected chi connectivity index (χ2v) is 6.24. The molecule has 0 N–H and O–H groups in total. The highest BCUT2D eigenvalue weighted by atomic mass is 79.9. The molecule has 0 bridgehead atoms. The zero-order chi connectivity index (χ0) is 16.0. The fourth-order valence-electron chi connectivity index (χ4n) is 2.80. The molecule has 2 aromatic carbocycles. The third kappa shape index (κ3) is 2.30. The highest BCUT2D eigenvalue weighted by molar-refractivity contribution is 9.10. The summed E-state index contributed by atoms with van der Waals surface area (Å²) in [6.07, 6.45) is -0.400. The van der Waals surface area contributed by atoms with Crippen molar-refractivity contribution in [3.63, 3.8) is 0 Å². The molecule has 1 unspecified atom stereocenters. The molecule has 0 fully saturated rings. The molecule has 2 aromatic rings. The monoisotopic (exact) mass is 373 g/mol. The quantitative estimate of drug-likeness (QED) is 0.759. The number of carbonyl (C=O) groups excluding carboxylic acids is 2. The molecule has 2 aliphatic rings. The number of fused-ring (bicyclic) bond motifs is 2. The predicted octanol–water partition coefficient (Wildman–Crippen LogP) is 2.89. The van der Waals surface area contributed by atoms with Crippen LogP contribution in [0.2, 0.25) is 0 Å². The molecule has 0 aliphatic carbocycles. The molecule has 116 valence electrons. The van der Waals surface area contributed by atoms with Gasteiger partial charge >= 0.3 is 0 Å². The Morgan fingerprint density at radius 2 is 1.74 bits per heavy atom. The molecule has 0 aromatic heterocycles. The van der Waals surface area contributed by atoms with Gasteiger partial charge in [0.25, 0.3) is 11.8 Å². The first kappa shape index (κ1) is 14.3. The third-order valence-corrected chi connectivity index (χ3v) is 4.53. The maximum absolute atomic E-state index is 12.4. The number of hydrogen-bond acceptors (Lipinski definition) is 4. The van der Waals surface area contributed by atoms with Crippen molar-refractivity contribution in [1.29, 1.82) is 0 Å². The second kappa shape index (κ2) is 5.38. The predicted molar refractivity (Wildman–Crippen MR) is 85.9 cm³/mol. The molecule has 0 radical (unpaired) electrons. The molecule has 5 nitrogen and oxygen atoms in total. The zero-order valence-corrected chi connectivity index (χ0v) is 13.6. The lowest BCUT2D eigenvalue weighted by atomic mass is 10.1. The molecule has 2 aliphatic heterocycles. The molecule has 1 atom stereocenters. The fourth-order valence-corrected chi connectivity index (χ4v) is 3.24. The summed E-state index contributed by atoms with van der Waals surface area (Å²) in [5, 5.41) is 0. The van der Waals surface area contributed by atoms with Gasteiger partial charge in [0, 0.05) is 0 Å². The molecule has 0 spiro atoms. The van der Waals surface area contributed by atoms with Crippen molar-refractivity contribution in [2.45, 2.75) is 6.10 Å². The number of carbonyl (C=O) groups is 2. The van der Waals surface area contributed by atoms with E-state index in [4.69, 9.17) is 9.47 Å². The van der Waals surface area contributed by atoms with E-state index in [2.05, 4.69) is 15.9 Å². The van der Waals surface area contributed by atoms with Gasteiger partial charge in [0.2, 0.25) is 0 Å². The number of halogens is 1. The van der Waals surface area contributed by atoms with Gasteiger partial charge < -0.3 is 9.47 Å². The van der Waals surface area contributed by atoms with Gasteiger partial charge in [0.1, 0.15) is 6.61 Å². The Morgan fingerprint density at radius 1 is 1.04 bits per heavy atom. The molecule has 2 heterocycles. The van der Waals surface area contributed by atoms with Gasteiger partial charge in [0.05, 0.1) is 22.1 Å². The van der Waals surface area contributed by atoms with E-state index in [9.17, 15) is 9.59 Å². The van der Waals surface area contributed by atoms with Crippen molar-refractivity contribution in [1.82, 2.24) is 4.90 Å². The van der Waals surface area contributed by atoms with E-state index < -0.39 is 6.10 Å². The van der Waals surface area contributed by atoms with Gasteiger partial charge in [-0.1, -0.05) is 18.2 Å². The van der Waals surface area contributed by atoms with Crippen LogP contribution >= 0.6 is 15.9 Å². The van der Waals surface area contributed by atoms with Crippen LogP contribution in [0, 0.1) is 0 Å². The van der Waals surface area contributed by atoms with Gasteiger partial charge in [-0.25, -0.2) is 0 Å². The Labute approximate surface area is 140 Å². The number of para-hydroxylation sites is 1. The number of ether oxygens (including phenoxy) is 2. The summed E-state index contributed by atoms with van der Waals surface area (Å²) in [5.41, 5.74) is 0.881. The van der Waals surface area contributed by atoms with E-state index in [0.29, 0.717) is 22.6 Å². The summed E-state index contributed by atoms with van der Waals surface area (Å²) >= 11 is 3.42. The van der Waals surface area contributed by atoms with Crippen molar-refractivity contribution in [3.05, 3.63) is 58.1 Å². The Balaban J connectivity index is 1.56. The number of rotatable bonds is 2. The minimum atomic E-state index is -0.400. The molecule has 4 rings (SSSR count). The molecule has 0 saturated carbocycles. The maximum atomic E-state index is 12.4. The number of benzene rings is 2. The topological polar surface area (TPSA) is 55.8 Å². The molecular formula is C17H12BrNO4. The normalized spacial score (nSPS) is 19.0. The summed E-state index contributed by atoms with van der Waals surface area (Å²) < 4.78 is 12.4. The summed E-state index contributed by atoms with van der Waals surface area (Å²) in [4.78, 5) is 26.0. The number of imide groups is 1. The molecule has 23 heavy (non-hydrogen) atoms. The van der Waals surface area contributed by atoms with Crippen LogP contribution in [0.5, 0.6) is 11.5 Å². The van der Waals surface area contributed by atoms with E-state index in [1.807, 2.05) is 18.2 Å². The minimum absolute atomic E-state index is 0.160. The lowest BCUT2D eigenvalue weighted by molar-refractivity contribution is 0.0427. The van der Waals surface area contributed by atoms with Crippen LogP contribution in [0.1, 0.15) is 20.7 Å². The van der Waals surface area contributed by atoms with Gasteiger partial charge in [-0.2, -0.15) is 0 Å². The Kier molecular flexibility index (Phi) is 3.34. The van der Waals surface area contributed by atoms with Gasteiger partial charge in [-0.05, 0) is 40.2 Å². The van der Waals surface area contributed by atoms with Crippen LogP contribution in [0.25, 0.3) is 0 Å². The maximum Gasteiger partial charge on any atom is 0.261 e. The molecular weight excluding hydrogens is 362 g/mol. The van der Waals surface area contributed by atoms with Gasteiger partial charge in [-0.15, -0.1) is 0 Å². The lowest BCUT2D eigenvalue weighted by Crippen LogP contribution is -2.43. The first-order valence-electron chi connectivity index (χ1n) is 7.18. The Hall–Kier alpha value is -2.34. The largest absolute Gasteiger partial charge is 0.486 e. The van der Waals surface area contributed by atoms with E-state index in [-0.39, 0.29) is 25.0 Å². The van der Waals surface area contributed by atoms with Crippen LogP contribution in [-0.2, 0) is 0 Å². The van der Waals surface area contributed by atoms with E-state index >= 15 is 0 Å². The Morgan fingerprint density at radius 3 is 2.43 bits per heavy atom. The van der Waals surface area contributed by atoms with Crippen LogP contribution in [0.15, 0.2) is 46.9 Å². The first-order chi connectivity index (χ1) is 11.1. The van der Waals surface area contributed by atoms with Crippen molar-refractivity contribution in [2.75, 3.05) is 13.2 Å². The van der Waals surface area contributed by atoms with Crippen molar-refractivity contribution >= 4 is 27.7 Å². The molecule has 2 amide bonds. The number of hydrogen-bond donors (Lipinski definition) is 0. The minimum Gasteiger partial charge on any atom is -0.486 e.